The van der Waals surface area contributed by atoms with Crippen molar-refractivity contribution >= 4 is 27.5 Å². The smallest absolute Gasteiger partial charge is 0.298 e. The number of halogens is 5. The molecule has 0 heterocycles. The molecule has 6 heteroatoms. The van der Waals surface area contributed by atoms with Gasteiger partial charge in [0.2, 0.25) is 0 Å². The number of hydrogen-bond donors (Lipinski definition) is 0. The molecule has 0 aliphatic carbocycles. The average molecular weight is 345 g/mol. The minimum absolute atomic E-state index is 0.104. The molecule has 1 aromatic rings. The van der Waals surface area contributed by atoms with E-state index in [2.05, 4.69) is 15.9 Å². The van der Waals surface area contributed by atoms with Crippen LogP contribution in [-0.4, -0.2) is 29.5 Å². The highest BCUT2D eigenvalue weighted by Gasteiger charge is 2.38. The predicted octanol–water partition coefficient (Wildman–Crippen LogP) is 4.66. The van der Waals surface area contributed by atoms with Crippen LogP contribution in [-0.2, 0) is 0 Å². The van der Waals surface area contributed by atoms with Gasteiger partial charge in [-0.3, -0.25) is 4.90 Å². The van der Waals surface area contributed by atoms with E-state index >= 15 is 0 Å². The summed E-state index contributed by atoms with van der Waals surface area (Å²) in [6.07, 6.45) is -4.23. The van der Waals surface area contributed by atoms with Gasteiger partial charge < -0.3 is 0 Å². The molecule has 0 aliphatic heterocycles. The van der Waals surface area contributed by atoms with Gasteiger partial charge in [-0.1, -0.05) is 39.7 Å². The second kappa shape index (κ2) is 6.26. The monoisotopic (exact) mass is 343 g/mol. The number of hydrogen-bond acceptors (Lipinski definition) is 1. The Labute approximate surface area is 118 Å². The summed E-state index contributed by atoms with van der Waals surface area (Å²) in [5, 5.41) is 0.613. The first-order chi connectivity index (χ1) is 8.21. The van der Waals surface area contributed by atoms with Crippen molar-refractivity contribution in [3.8, 4) is 0 Å². The lowest BCUT2D eigenvalue weighted by molar-refractivity contribution is -0.130. The highest BCUT2D eigenvalue weighted by atomic mass is 79.9. The van der Waals surface area contributed by atoms with E-state index in [1.54, 1.807) is 24.1 Å². The molecule has 0 spiro atoms. The van der Waals surface area contributed by atoms with Gasteiger partial charge in [-0.2, -0.15) is 13.2 Å². The lowest BCUT2D eigenvalue weighted by Crippen LogP contribution is -2.36. The van der Waals surface area contributed by atoms with Crippen molar-refractivity contribution < 1.29 is 13.2 Å². The van der Waals surface area contributed by atoms with Gasteiger partial charge in [-0.05, 0) is 31.7 Å². The van der Waals surface area contributed by atoms with Crippen LogP contribution in [0.3, 0.4) is 0 Å². The zero-order chi connectivity index (χ0) is 13.9. The Morgan fingerprint density at radius 2 is 1.78 bits per heavy atom. The van der Waals surface area contributed by atoms with Gasteiger partial charge in [-0.25, -0.2) is 0 Å². The summed E-state index contributed by atoms with van der Waals surface area (Å²) in [6.45, 7) is 1.76. The van der Waals surface area contributed by atoms with Gasteiger partial charge in [0.1, 0.15) is 4.83 Å². The molecule has 1 nitrogen and oxygen atoms in total. The Balaban J connectivity index is 2.67. The van der Waals surface area contributed by atoms with E-state index in [9.17, 15) is 13.2 Å². The van der Waals surface area contributed by atoms with Crippen molar-refractivity contribution in [2.45, 2.75) is 24.0 Å². The highest BCUT2D eigenvalue weighted by Crippen LogP contribution is 2.29. The highest BCUT2D eigenvalue weighted by molar-refractivity contribution is 9.09. The summed E-state index contributed by atoms with van der Waals surface area (Å²) in [5.41, 5.74) is 0.934. The van der Waals surface area contributed by atoms with Crippen LogP contribution in [0.25, 0.3) is 0 Å². The van der Waals surface area contributed by atoms with Crippen molar-refractivity contribution in [3.63, 3.8) is 0 Å². The lowest BCUT2D eigenvalue weighted by Gasteiger charge is -2.28. The third kappa shape index (κ3) is 4.44. The molecule has 0 aliphatic rings. The van der Waals surface area contributed by atoms with Crippen LogP contribution >= 0.6 is 27.5 Å². The minimum Gasteiger partial charge on any atom is -0.298 e. The molecule has 0 saturated carbocycles. The van der Waals surface area contributed by atoms with Gasteiger partial charge in [0.15, 0.2) is 0 Å². The van der Waals surface area contributed by atoms with Crippen molar-refractivity contribution in [2.75, 3.05) is 13.6 Å². The fourth-order valence-electron chi connectivity index (χ4n) is 1.51. The normalized spacial score (nSPS) is 15.8. The molecule has 18 heavy (non-hydrogen) atoms. The van der Waals surface area contributed by atoms with E-state index in [4.69, 9.17) is 11.6 Å². The van der Waals surface area contributed by atoms with Crippen molar-refractivity contribution in [1.82, 2.24) is 4.90 Å². The van der Waals surface area contributed by atoms with E-state index in [0.717, 1.165) is 5.56 Å². The van der Waals surface area contributed by atoms with Crippen LogP contribution in [0.15, 0.2) is 24.3 Å². The lowest BCUT2D eigenvalue weighted by atomic mass is 10.1. The van der Waals surface area contributed by atoms with Gasteiger partial charge in [0.05, 0.1) is 0 Å². The van der Waals surface area contributed by atoms with E-state index in [0.29, 0.717) is 5.02 Å². The molecule has 1 aromatic carbocycles. The summed E-state index contributed by atoms with van der Waals surface area (Å²) in [6, 6.07) is 7.00. The number of benzene rings is 1. The number of nitrogens with zero attached hydrogens (tertiary/aromatic N) is 1. The first kappa shape index (κ1) is 15.8. The van der Waals surface area contributed by atoms with Gasteiger partial charge >= 0.3 is 6.18 Å². The second-order valence-electron chi connectivity index (χ2n) is 4.18. The Bertz CT molecular complexity index is 380. The minimum atomic E-state index is -4.23. The molecule has 0 amide bonds. The molecule has 2 atom stereocenters. The van der Waals surface area contributed by atoms with Gasteiger partial charge in [-0.15, -0.1) is 0 Å². The van der Waals surface area contributed by atoms with Crippen LogP contribution in [0.5, 0.6) is 0 Å². The second-order valence-corrected chi connectivity index (χ2v) is 5.72. The molecule has 0 bridgehead atoms. The zero-order valence-corrected chi connectivity index (χ0v) is 12.4. The van der Waals surface area contributed by atoms with E-state index in [1.165, 1.54) is 0 Å². The van der Waals surface area contributed by atoms with Crippen LogP contribution in [0, 0.1) is 0 Å². The summed E-state index contributed by atoms with van der Waals surface area (Å²) >= 11 is 8.43. The zero-order valence-electron chi connectivity index (χ0n) is 10.0. The average Bonchev–Trinajstić information content (AvgIpc) is 2.27. The third-order valence-corrected chi connectivity index (χ3v) is 3.88. The molecule has 1 rings (SSSR count). The molecule has 0 N–H and O–H groups in total. The summed E-state index contributed by atoms with van der Waals surface area (Å²) in [4.78, 5) is 0.126. The fraction of sp³-hybridized carbons (Fsp3) is 0.500. The maximum absolute atomic E-state index is 12.4. The predicted molar refractivity (Wildman–Crippen MR) is 71.3 cm³/mol. The maximum atomic E-state index is 12.4. The SMILES string of the molecule is CC(c1ccc(Cl)cc1)N(C)CC(Br)C(F)(F)F. The summed E-state index contributed by atoms with van der Waals surface area (Å²) in [5.74, 6) is 0. The Morgan fingerprint density at radius 1 is 1.28 bits per heavy atom. The van der Waals surface area contributed by atoms with E-state index in [1.807, 2.05) is 19.1 Å². The molecule has 0 fully saturated rings. The van der Waals surface area contributed by atoms with Crippen LogP contribution in [0.2, 0.25) is 5.02 Å². The Kier molecular flexibility index (Phi) is 5.49. The van der Waals surface area contributed by atoms with Crippen molar-refractivity contribution in [3.05, 3.63) is 34.9 Å². The molecule has 0 radical (unpaired) electrons. The molecule has 0 saturated heterocycles. The quantitative estimate of drug-likeness (QED) is 0.718. The van der Waals surface area contributed by atoms with Crippen molar-refractivity contribution in [1.29, 1.82) is 0 Å². The molecule has 2 unspecified atom stereocenters. The van der Waals surface area contributed by atoms with Gasteiger partial charge in [0, 0.05) is 17.6 Å². The first-order valence-corrected chi connectivity index (χ1v) is 6.67. The van der Waals surface area contributed by atoms with E-state index in [-0.39, 0.29) is 12.6 Å². The molecular formula is C12H14BrClF3N. The fourth-order valence-corrected chi connectivity index (χ4v) is 2.09. The van der Waals surface area contributed by atoms with Crippen LogP contribution in [0.4, 0.5) is 13.2 Å². The molecular weight excluding hydrogens is 330 g/mol. The topological polar surface area (TPSA) is 3.24 Å². The van der Waals surface area contributed by atoms with Crippen molar-refractivity contribution in [2.24, 2.45) is 0 Å². The van der Waals surface area contributed by atoms with E-state index < -0.39 is 11.0 Å². The standard InChI is InChI=1S/C12H14BrClF3N/c1-8(9-3-5-10(14)6-4-9)18(2)7-11(13)12(15,16)17/h3-6,8,11H,7H2,1-2H3. The molecule has 102 valence electrons. The number of rotatable bonds is 4. The Morgan fingerprint density at radius 3 is 2.22 bits per heavy atom. The van der Waals surface area contributed by atoms with Crippen LogP contribution in [0.1, 0.15) is 18.5 Å². The maximum Gasteiger partial charge on any atom is 0.402 e. The molecule has 0 aromatic heterocycles. The van der Waals surface area contributed by atoms with Gasteiger partial charge in [0.25, 0.3) is 0 Å². The summed E-state index contributed by atoms with van der Waals surface area (Å²) < 4.78 is 37.3. The summed E-state index contributed by atoms with van der Waals surface area (Å²) in [7, 11) is 1.67. The Hall–Kier alpha value is -0.260. The first-order valence-electron chi connectivity index (χ1n) is 5.38. The largest absolute Gasteiger partial charge is 0.402 e. The number of alkyl halides is 4. The van der Waals surface area contributed by atoms with Crippen LogP contribution < -0.4 is 0 Å². The third-order valence-electron chi connectivity index (χ3n) is 2.82.